The minimum absolute atomic E-state index is 0. The molecule has 0 fully saturated rings. The van der Waals surface area contributed by atoms with Crippen LogP contribution in [0.2, 0.25) is 0 Å². The minimum Gasteiger partial charge on any atom is -0.444 e. The maximum Gasteiger partial charge on any atom is 3.00 e. The van der Waals surface area contributed by atoms with Gasteiger partial charge in [-0.15, -0.1) is 83.7 Å². The van der Waals surface area contributed by atoms with Crippen LogP contribution in [0.3, 0.4) is 0 Å². The van der Waals surface area contributed by atoms with Gasteiger partial charge in [0.25, 0.3) is 0 Å². The van der Waals surface area contributed by atoms with Crippen molar-refractivity contribution in [2.75, 3.05) is 105 Å². The number of hydrogen-bond acceptors (Lipinski definition) is 56. The van der Waals surface area contributed by atoms with Crippen molar-refractivity contribution in [1.29, 1.82) is 0 Å². The first-order valence-corrected chi connectivity index (χ1v) is 20.9. The Morgan fingerprint density at radius 2 is 0.188 bits per heavy atom. The Bertz CT molecular complexity index is 662. The molecule has 0 saturated carbocycles. The van der Waals surface area contributed by atoms with E-state index in [9.17, 15) is 0 Å². The number of hydrogen-bond donors (Lipinski definition) is 16. The number of nitrogens with two attached hydrogens (primary N) is 16. The second-order valence-electron chi connectivity index (χ2n) is 6.73. The summed E-state index contributed by atoms with van der Waals surface area (Å²) in [5.41, 5.74) is 78.4. The summed E-state index contributed by atoms with van der Waals surface area (Å²) >= 11 is 0. The van der Waals surface area contributed by atoms with Crippen LogP contribution in [-0.4, -0.2) is 105 Å². The van der Waals surface area contributed by atoms with Crippen LogP contribution in [-0.2, 0) is 67.1 Å². The largest absolute Gasteiger partial charge is 3.00 e. The topological polar surface area (TPSA) is 1210 Å². The SMILES string of the molecule is NCCN.NCCN.NCCN.NCCN.NCCN.NCCN.NCCN.NCCN.O=N[O-].O=N[O-].O=N[O-].O=N[O-].O=N[O-].O=N[O-].O=N[O-].O=N[O-].[Co+3].[Co+3].[Co+3].[Co+3].[O-][Cl+3]([O-])([O-])[O-].[O-][Cl+3]([O-])([O-])[O-].[O-][Cl+3]([O-])([O-])[O-].[O-][Cl+3]([O-])([O-])[O-]. The Kier molecular flexibility index (Phi) is 418. The molecule has 0 amide bonds. The van der Waals surface area contributed by atoms with E-state index < -0.39 is 41.0 Å². The Hall–Kier alpha value is -2.89. The molecule has 0 aromatic carbocycles. The molecule has 0 unspecified atom stereocenters. The number of nitrogens with zero attached hydrogens (tertiary/aromatic N) is 8. The summed E-state index contributed by atoms with van der Waals surface area (Å²) in [5, 5.41) is 72.0. The third kappa shape index (κ3) is 15800. The zero-order valence-corrected chi connectivity index (χ0v) is 47.2. The summed E-state index contributed by atoms with van der Waals surface area (Å²) in [6.45, 7) is 9.56. The van der Waals surface area contributed by atoms with E-state index in [4.69, 9.17) is 247 Å². The quantitative estimate of drug-likeness (QED) is 0.0793. The molecule has 0 atom stereocenters. The van der Waals surface area contributed by atoms with Crippen LogP contribution in [0.5, 0.6) is 0 Å². The number of halogens is 4. The molecule has 32 N–H and O–H groups in total. The third-order valence-electron chi connectivity index (χ3n) is 1.33. The molecule has 0 saturated heterocycles. The first kappa shape index (κ1) is 158. The summed E-state index contributed by atoms with van der Waals surface area (Å²) in [7, 11) is -19.8. The van der Waals surface area contributed by atoms with Gasteiger partial charge in [0.2, 0.25) is 0 Å². The Balaban J connectivity index is -0.0000000188. The van der Waals surface area contributed by atoms with Crippen LogP contribution in [0.4, 0.5) is 0 Å². The molecule has 0 heterocycles. The second kappa shape index (κ2) is 211. The Morgan fingerprint density at radius 1 is 0.175 bits per heavy atom. The van der Waals surface area contributed by atoms with E-state index in [2.05, 4.69) is 0 Å². The van der Waals surface area contributed by atoms with E-state index in [0.717, 1.165) is 42.7 Å². The Morgan fingerprint density at radius 3 is 0.188 bits per heavy atom. The predicted molar refractivity (Wildman–Crippen MR) is 218 cm³/mol. The van der Waals surface area contributed by atoms with Crippen molar-refractivity contribution in [1.82, 2.24) is 0 Å². The molecule has 0 radical (unpaired) electrons. The molecular formula is C16H64Cl4Co4N24O32. The van der Waals surface area contributed by atoms with Gasteiger partial charge in [0.15, 0.2) is 0 Å². The summed E-state index contributed by atoms with van der Waals surface area (Å²) in [4.78, 5) is 64.0. The molecule has 0 aliphatic carbocycles. The third-order valence-corrected chi connectivity index (χ3v) is 1.33. The minimum atomic E-state index is -4.94. The summed E-state index contributed by atoms with van der Waals surface area (Å²) in [5.74, 6) is 0. The van der Waals surface area contributed by atoms with Gasteiger partial charge in [-0.25, -0.2) is 74.5 Å². The second-order valence-corrected chi connectivity index (χ2v) is 9.75. The molecule has 0 aromatic rings. The van der Waals surface area contributed by atoms with E-state index in [-0.39, 0.29) is 67.1 Å². The molecule has 56 nitrogen and oxygen atoms in total. The molecule has 504 valence electrons. The maximum atomic E-state index is 8.49. The van der Waals surface area contributed by atoms with Gasteiger partial charge in [-0.05, 0) is 0 Å². The van der Waals surface area contributed by atoms with Gasteiger partial charge in [0, 0.05) is 105 Å². The monoisotopic (exact) mass is 1480 g/mol. The van der Waals surface area contributed by atoms with Gasteiger partial charge in [0.1, 0.15) is 0 Å². The fourth-order valence-corrected chi connectivity index (χ4v) is 0. The van der Waals surface area contributed by atoms with Crippen LogP contribution >= 0.6 is 0 Å². The average Bonchev–Trinajstić information content (AvgIpc) is 3.29. The van der Waals surface area contributed by atoms with Crippen LogP contribution in [0, 0.1) is 122 Å². The molecule has 0 rings (SSSR count). The maximum absolute atomic E-state index is 8.49. The van der Waals surface area contributed by atoms with E-state index >= 15 is 0 Å². The Labute approximate surface area is 500 Å². The van der Waals surface area contributed by atoms with Crippen molar-refractivity contribution in [2.24, 2.45) is 134 Å². The van der Waals surface area contributed by atoms with Gasteiger partial charge in [-0.2, -0.15) is 0 Å². The summed E-state index contributed by atoms with van der Waals surface area (Å²) < 4.78 is 136. The van der Waals surface area contributed by atoms with Crippen molar-refractivity contribution in [3.8, 4) is 0 Å². The summed E-state index contributed by atoms with van der Waals surface area (Å²) in [6, 6.07) is 0. The van der Waals surface area contributed by atoms with E-state index in [1.54, 1.807) is 0 Å². The zero-order valence-electron chi connectivity index (χ0n) is 40.0. The normalized spacial score (nSPS) is 7.20. The molecule has 0 aliphatic heterocycles. The number of rotatable bonds is 8. The van der Waals surface area contributed by atoms with Crippen molar-refractivity contribution in [2.45, 2.75) is 0 Å². The fourth-order valence-electron chi connectivity index (χ4n) is 0. The molecular weight excluding hydrogens is 1420 g/mol. The van der Waals surface area contributed by atoms with Crippen molar-refractivity contribution < 1.29 is 183 Å². The first-order chi connectivity index (χ1) is 34.6. The van der Waals surface area contributed by atoms with Gasteiger partial charge >= 0.3 is 67.1 Å². The van der Waals surface area contributed by atoms with Crippen LogP contribution in [0.25, 0.3) is 0 Å². The van der Waals surface area contributed by atoms with E-state index in [1.165, 1.54) is 0 Å². The molecule has 80 heavy (non-hydrogen) atoms. The van der Waals surface area contributed by atoms with E-state index in [0.29, 0.717) is 105 Å². The van der Waals surface area contributed by atoms with Crippen LogP contribution < -0.4 is 166 Å². The zero-order chi connectivity index (χ0) is 67.0. The van der Waals surface area contributed by atoms with Gasteiger partial charge in [0.05, 0.1) is 0 Å². The smallest absolute Gasteiger partial charge is 0.444 e. The van der Waals surface area contributed by atoms with Gasteiger partial charge in [-0.3, -0.25) is 0 Å². The summed E-state index contributed by atoms with van der Waals surface area (Å²) in [6.07, 6.45) is 0. The first-order valence-electron chi connectivity index (χ1n) is 15.9. The molecule has 0 bridgehead atoms. The molecule has 0 aromatic heterocycles. The fraction of sp³-hybridized carbons (Fsp3) is 1.00. The van der Waals surface area contributed by atoms with E-state index in [1.807, 2.05) is 0 Å². The van der Waals surface area contributed by atoms with Crippen LogP contribution in [0.15, 0.2) is 42.7 Å². The molecule has 0 aliphatic rings. The average molecular weight is 1480 g/mol. The molecule has 64 heteroatoms. The van der Waals surface area contributed by atoms with Crippen molar-refractivity contribution in [3.05, 3.63) is 80.9 Å². The van der Waals surface area contributed by atoms with Gasteiger partial charge in [-0.1, -0.05) is 0 Å². The van der Waals surface area contributed by atoms with Crippen LogP contribution in [0.1, 0.15) is 0 Å². The van der Waals surface area contributed by atoms with Gasteiger partial charge < -0.3 is 173 Å². The van der Waals surface area contributed by atoms with Crippen molar-refractivity contribution >= 4 is 0 Å². The standard InChI is InChI=1S/8C2H8N2.4ClHO4.4Co.8HNO2/c8*3-1-2-4;4*2-1(3,4)5;;;;;8*2-1-3/h8*1-4H2;4*(H,2,3,4,5);;;;;8*(H,2,3)/q;;;;;;;;;;;;4*+3;;;;;;;;/p-12. The van der Waals surface area contributed by atoms with Crippen molar-refractivity contribution in [3.63, 3.8) is 0 Å². The predicted octanol–water partition coefficient (Wildman–Crippen LogP) is -25.8. The molecule has 0 spiro atoms.